The lowest BCUT2D eigenvalue weighted by atomic mass is 9.94. The summed E-state index contributed by atoms with van der Waals surface area (Å²) < 4.78 is 0. The molecular weight excluding hydrogens is 232 g/mol. The number of carboxylic acid groups (broad SMARTS) is 1. The molecule has 0 aromatic rings. The average molecular weight is 258 g/mol. The molecule has 1 amide bonds. The molecular formula is C13H26N2O3. The van der Waals surface area contributed by atoms with Gasteiger partial charge in [-0.2, -0.15) is 0 Å². The van der Waals surface area contributed by atoms with Crippen LogP contribution in [0.25, 0.3) is 0 Å². The van der Waals surface area contributed by atoms with E-state index in [4.69, 9.17) is 10.8 Å². The normalized spacial score (nSPS) is 14.3. The molecule has 0 rings (SSSR count). The van der Waals surface area contributed by atoms with Crippen LogP contribution in [0.5, 0.6) is 0 Å². The van der Waals surface area contributed by atoms with E-state index in [9.17, 15) is 9.59 Å². The third-order valence-electron chi connectivity index (χ3n) is 2.98. The summed E-state index contributed by atoms with van der Waals surface area (Å²) in [4.78, 5) is 22.5. The van der Waals surface area contributed by atoms with Crippen LogP contribution in [0.2, 0.25) is 0 Å². The van der Waals surface area contributed by atoms with Crippen LogP contribution in [0.15, 0.2) is 0 Å². The molecule has 5 heteroatoms. The first-order valence-electron chi connectivity index (χ1n) is 6.60. The predicted octanol–water partition coefficient (Wildman–Crippen LogP) is 1.22. The number of hydrogen-bond acceptors (Lipinski definition) is 3. The summed E-state index contributed by atoms with van der Waals surface area (Å²) in [5.74, 6) is -0.654. The second kappa shape index (κ2) is 8.91. The molecule has 2 atom stereocenters. The van der Waals surface area contributed by atoms with Gasteiger partial charge in [-0.1, -0.05) is 20.8 Å². The Morgan fingerprint density at radius 3 is 2.33 bits per heavy atom. The fourth-order valence-corrected chi connectivity index (χ4v) is 2.00. The lowest BCUT2D eigenvalue weighted by Gasteiger charge is -2.19. The highest BCUT2D eigenvalue weighted by atomic mass is 16.4. The number of carboxylic acids is 1. The van der Waals surface area contributed by atoms with E-state index in [-0.39, 0.29) is 24.2 Å². The molecule has 2 unspecified atom stereocenters. The lowest BCUT2D eigenvalue weighted by Crippen LogP contribution is -2.38. The van der Waals surface area contributed by atoms with Crippen LogP contribution in [0.1, 0.15) is 40.0 Å². The molecule has 0 radical (unpaired) electrons. The zero-order valence-corrected chi connectivity index (χ0v) is 11.6. The van der Waals surface area contributed by atoms with Gasteiger partial charge in [0.05, 0.1) is 0 Å². The number of nitrogens with two attached hydrogens (primary N) is 1. The van der Waals surface area contributed by atoms with E-state index in [1.54, 1.807) is 0 Å². The van der Waals surface area contributed by atoms with Crippen LogP contribution >= 0.6 is 0 Å². The Labute approximate surface area is 109 Å². The highest BCUT2D eigenvalue weighted by molar-refractivity contribution is 5.78. The van der Waals surface area contributed by atoms with E-state index in [0.29, 0.717) is 25.4 Å². The Kier molecular flexibility index (Phi) is 8.37. The highest BCUT2D eigenvalue weighted by Gasteiger charge is 2.19. The molecule has 106 valence electrons. The van der Waals surface area contributed by atoms with Crippen LogP contribution in [0.4, 0.5) is 0 Å². The van der Waals surface area contributed by atoms with Gasteiger partial charge in [0.2, 0.25) is 5.91 Å². The summed E-state index contributed by atoms with van der Waals surface area (Å²) in [7, 11) is 0. The van der Waals surface area contributed by atoms with Gasteiger partial charge in [0.1, 0.15) is 0 Å². The first kappa shape index (κ1) is 16.9. The van der Waals surface area contributed by atoms with Crippen LogP contribution in [-0.4, -0.2) is 30.1 Å². The van der Waals surface area contributed by atoms with Crippen molar-refractivity contribution in [2.75, 3.05) is 13.1 Å². The van der Waals surface area contributed by atoms with Gasteiger partial charge < -0.3 is 16.2 Å². The van der Waals surface area contributed by atoms with Crippen molar-refractivity contribution >= 4 is 11.9 Å². The molecule has 0 aromatic heterocycles. The zero-order chi connectivity index (χ0) is 14.1. The van der Waals surface area contributed by atoms with E-state index < -0.39 is 5.97 Å². The van der Waals surface area contributed by atoms with Crippen LogP contribution in [0, 0.1) is 17.8 Å². The number of nitrogens with one attached hydrogen (secondary N) is 1. The fourth-order valence-electron chi connectivity index (χ4n) is 2.00. The van der Waals surface area contributed by atoms with Gasteiger partial charge in [0.15, 0.2) is 0 Å². The van der Waals surface area contributed by atoms with Crippen molar-refractivity contribution in [2.24, 2.45) is 23.5 Å². The van der Waals surface area contributed by atoms with Crippen molar-refractivity contribution < 1.29 is 14.7 Å². The number of rotatable bonds is 9. The number of carbonyl (C=O) groups excluding carboxylic acids is 1. The molecule has 0 aliphatic rings. The minimum absolute atomic E-state index is 0.0123. The van der Waals surface area contributed by atoms with Crippen molar-refractivity contribution in [1.29, 1.82) is 0 Å². The Morgan fingerprint density at radius 2 is 1.94 bits per heavy atom. The van der Waals surface area contributed by atoms with E-state index in [1.165, 1.54) is 0 Å². The van der Waals surface area contributed by atoms with Gasteiger partial charge in [-0.05, 0) is 24.7 Å². The highest BCUT2D eigenvalue weighted by Crippen LogP contribution is 2.15. The largest absolute Gasteiger partial charge is 0.481 e. The van der Waals surface area contributed by atoms with Crippen molar-refractivity contribution in [2.45, 2.75) is 40.0 Å². The molecule has 0 saturated heterocycles. The summed E-state index contributed by atoms with van der Waals surface area (Å²) in [6.07, 6.45) is 1.60. The minimum atomic E-state index is -0.819. The minimum Gasteiger partial charge on any atom is -0.481 e. The number of carbonyl (C=O) groups is 2. The van der Waals surface area contributed by atoms with Crippen molar-refractivity contribution in [3.8, 4) is 0 Å². The van der Waals surface area contributed by atoms with Crippen molar-refractivity contribution in [3.05, 3.63) is 0 Å². The molecule has 0 aliphatic carbocycles. The summed E-state index contributed by atoms with van der Waals surface area (Å²) >= 11 is 0. The lowest BCUT2D eigenvalue weighted by molar-refractivity contribution is -0.138. The Balaban J connectivity index is 4.24. The van der Waals surface area contributed by atoms with Gasteiger partial charge in [0, 0.05) is 25.4 Å². The van der Waals surface area contributed by atoms with Crippen LogP contribution < -0.4 is 11.1 Å². The molecule has 5 nitrogen and oxygen atoms in total. The molecule has 0 heterocycles. The maximum absolute atomic E-state index is 11.7. The monoisotopic (exact) mass is 258 g/mol. The molecule has 0 fully saturated rings. The van der Waals surface area contributed by atoms with Gasteiger partial charge in [-0.3, -0.25) is 9.59 Å². The standard InChI is InChI=1S/C13H26N2O3/c1-4-11(7-14)13(18)15-8-10(5-9(2)3)6-12(16)17/h9-11H,4-8,14H2,1-3H3,(H,15,18)(H,16,17). The summed E-state index contributed by atoms with van der Waals surface area (Å²) in [5, 5.41) is 11.6. The quantitative estimate of drug-likeness (QED) is 0.580. The SMILES string of the molecule is CCC(CN)C(=O)NCC(CC(=O)O)CC(C)C. The van der Waals surface area contributed by atoms with Crippen molar-refractivity contribution in [3.63, 3.8) is 0 Å². The van der Waals surface area contributed by atoms with Gasteiger partial charge >= 0.3 is 5.97 Å². The predicted molar refractivity (Wildman–Crippen MR) is 71.0 cm³/mol. The van der Waals surface area contributed by atoms with Gasteiger partial charge in [-0.25, -0.2) is 0 Å². The summed E-state index contributed by atoms with van der Waals surface area (Å²) in [5.41, 5.74) is 5.50. The first-order valence-corrected chi connectivity index (χ1v) is 6.60. The average Bonchev–Trinajstić information content (AvgIpc) is 2.26. The van der Waals surface area contributed by atoms with E-state index in [0.717, 1.165) is 6.42 Å². The smallest absolute Gasteiger partial charge is 0.303 e. The molecule has 4 N–H and O–H groups in total. The zero-order valence-electron chi connectivity index (χ0n) is 11.6. The topological polar surface area (TPSA) is 92.4 Å². The summed E-state index contributed by atoms with van der Waals surface area (Å²) in [6.45, 7) is 6.76. The molecule has 0 aromatic carbocycles. The van der Waals surface area contributed by atoms with Gasteiger partial charge in [0.25, 0.3) is 0 Å². The number of hydrogen-bond donors (Lipinski definition) is 3. The van der Waals surface area contributed by atoms with Gasteiger partial charge in [-0.15, -0.1) is 0 Å². The molecule has 18 heavy (non-hydrogen) atoms. The second-order valence-corrected chi connectivity index (χ2v) is 5.18. The maximum Gasteiger partial charge on any atom is 0.303 e. The van der Waals surface area contributed by atoms with Crippen LogP contribution in [-0.2, 0) is 9.59 Å². The third-order valence-corrected chi connectivity index (χ3v) is 2.98. The fraction of sp³-hybridized carbons (Fsp3) is 0.846. The molecule has 0 saturated carbocycles. The van der Waals surface area contributed by atoms with Crippen LogP contribution in [0.3, 0.4) is 0 Å². The van der Waals surface area contributed by atoms with E-state index in [2.05, 4.69) is 5.32 Å². The maximum atomic E-state index is 11.7. The Hall–Kier alpha value is -1.10. The molecule has 0 bridgehead atoms. The first-order chi connectivity index (χ1) is 8.40. The third kappa shape index (κ3) is 7.27. The van der Waals surface area contributed by atoms with Crippen molar-refractivity contribution in [1.82, 2.24) is 5.32 Å². The second-order valence-electron chi connectivity index (χ2n) is 5.18. The molecule has 0 spiro atoms. The molecule has 0 aliphatic heterocycles. The number of amides is 1. The summed E-state index contributed by atoms with van der Waals surface area (Å²) in [6, 6.07) is 0. The van der Waals surface area contributed by atoms with E-state index >= 15 is 0 Å². The number of aliphatic carboxylic acids is 1. The Morgan fingerprint density at radius 1 is 1.33 bits per heavy atom. The van der Waals surface area contributed by atoms with E-state index in [1.807, 2.05) is 20.8 Å². The Bertz CT molecular complexity index is 263.